The summed E-state index contributed by atoms with van der Waals surface area (Å²) >= 11 is 2.94. The van der Waals surface area contributed by atoms with E-state index in [0.29, 0.717) is 65.1 Å². The number of benzene rings is 3. The Labute approximate surface area is 498 Å². The van der Waals surface area contributed by atoms with Crippen LogP contribution in [0.3, 0.4) is 0 Å². The van der Waals surface area contributed by atoms with Crippen LogP contribution in [0.4, 0.5) is 38.2 Å². The molecule has 13 rings (SSSR count). The Hall–Kier alpha value is -10.7. The molecule has 0 atom stereocenters. The summed E-state index contributed by atoms with van der Waals surface area (Å²) in [6, 6.07) is 22.1. The number of thioether (sulfide) groups is 1. The van der Waals surface area contributed by atoms with Gasteiger partial charge in [-0.2, -0.15) is 5.10 Å². The van der Waals surface area contributed by atoms with Crippen LogP contribution in [0.15, 0.2) is 138 Å². The highest BCUT2D eigenvalue weighted by atomic mass is 32.2. The van der Waals surface area contributed by atoms with Gasteiger partial charge in [-0.25, -0.2) is 49.0 Å². The van der Waals surface area contributed by atoms with Crippen LogP contribution in [-0.4, -0.2) is 124 Å². The van der Waals surface area contributed by atoms with Gasteiger partial charge < -0.3 is 40.8 Å². The van der Waals surface area contributed by atoms with E-state index in [4.69, 9.17) is 4.98 Å². The van der Waals surface area contributed by atoms with Crippen LogP contribution in [0.25, 0.3) is 94.1 Å². The first-order valence-corrected chi connectivity index (χ1v) is 29.5. The molecule has 0 unspecified atom stereocenters. The number of nitrogens with zero attached hydrogens (tertiary/aromatic N) is 12. The van der Waals surface area contributed by atoms with Crippen molar-refractivity contribution in [3.8, 4) is 61.0 Å². The van der Waals surface area contributed by atoms with E-state index in [2.05, 4.69) is 115 Å². The molecule has 0 aliphatic carbocycles. The van der Waals surface area contributed by atoms with Gasteiger partial charge >= 0.3 is 18.1 Å². The van der Waals surface area contributed by atoms with Crippen LogP contribution in [0.2, 0.25) is 0 Å². The van der Waals surface area contributed by atoms with Crippen LogP contribution in [-0.2, 0) is 13.6 Å². The first kappa shape index (κ1) is 57.1. The normalized spacial score (nSPS) is 11.6. The number of H-pyrrole nitrogens is 3. The maximum atomic E-state index is 12.4. The number of fused-ring (bicyclic) bond motifs is 4. The number of carbonyl (C=O) groups excluding carboxylic acids is 3. The average Bonchev–Trinajstić information content (AvgIpc) is 3.14. The smallest absolute Gasteiger partial charge is 0.321 e. The molecule has 1 aliphatic heterocycles. The SMILES string of the molecule is CCNC(=O)Nc1nc2c(-c3cn4c(n3)NCCC4)cc(-c3cccnc3)cc2[nH]1.CCNC(=O)Nc1nc2c(-c3nccs3)cc(-c3cccnc3)cc2[nH]1.CCNC(=O)Nc1nc2c(-n3cccn3)cc(-c3cc(=O)n(C)c(SC)n3)cc2[nH]1. The second kappa shape index (κ2) is 25.8. The molecule has 0 radical (unpaired) electrons. The Kier molecular flexibility index (Phi) is 17.1. The minimum atomic E-state index is -0.352. The Morgan fingerprint density at radius 3 is 1.76 bits per heavy atom. The molecule has 6 amide bonds. The molecule has 1 aliphatic rings. The topological polar surface area (TPSA) is 331 Å². The van der Waals surface area contributed by atoms with E-state index in [1.54, 1.807) is 60.1 Å². The van der Waals surface area contributed by atoms with Crippen LogP contribution in [0, 0.1) is 0 Å². The zero-order chi connectivity index (χ0) is 59.7. The number of anilines is 4. The van der Waals surface area contributed by atoms with Gasteiger partial charge in [0.25, 0.3) is 5.56 Å². The van der Waals surface area contributed by atoms with Crippen molar-refractivity contribution in [1.82, 2.24) is 89.7 Å². The molecule has 0 bridgehead atoms. The molecule has 0 fully saturated rings. The lowest BCUT2D eigenvalue weighted by Gasteiger charge is -2.14. The minimum absolute atomic E-state index is 0.145. The first-order valence-electron chi connectivity index (χ1n) is 27.4. The highest BCUT2D eigenvalue weighted by molar-refractivity contribution is 7.98. The molecule has 9 aromatic heterocycles. The van der Waals surface area contributed by atoms with Crippen molar-refractivity contribution in [2.24, 2.45) is 7.05 Å². The fraction of sp³-hybridized carbons (Fsp3) is 0.190. The van der Waals surface area contributed by atoms with Crippen molar-refractivity contribution < 1.29 is 14.4 Å². The summed E-state index contributed by atoms with van der Waals surface area (Å²) in [4.78, 5) is 93.5. The average molecular weight is 1190 g/mol. The lowest BCUT2D eigenvalue weighted by atomic mass is 10.0. The van der Waals surface area contributed by atoms with Gasteiger partial charge in [-0.15, -0.1) is 11.3 Å². The predicted molar refractivity (Wildman–Crippen MR) is 336 cm³/mol. The van der Waals surface area contributed by atoms with Crippen LogP contribution in [0.1, 0.15) is 27.2 Å². The maximum Gasteiger partial charge on any atom is 0.321 e. The molecule has 0 saturated carbocycles. The van der Waals surface area contributed by atoms with Crippen molar-refractivity contribution >= 4 is 98.1 Å². The summed E-state index contributed by atoms with van der Waals surface area (Å²) in [5, 5.41) is 27.3. The van der Waals surface area contributed by atoms with Gasteiger partial charge in [0.2, 0.25) is 23.8 Å². The zero-order valence-electron chi connectivity index (χ0n) is 47.2. The van der Waals surface area contributed by atoms with E-state index in [9.17, 15) is 19.2 Å². The van der Waals surface area contributed by atoms with E-state index in [0.717, 1.165) is 97.2 Å². The molecule has 28 heteroatoms. The number of carbonyl (C=O) groups is 3. The number of pyridine rings is 2. The number of amides is 6. The number of urea groups is 3. The third kappa shape index (κ3) is 12.7. The number of aryl methyl sites for hydroxylation is 1. The lowest BCUT2D eigenvalue weighted by Crippen LogP contribution is -2.28. The van der Waals surface area contributed by atoms with Gasteiger partial charge in [-0.1, -0.05) is 23.9 Å². The summed E-state index contributed by atoms with van der Waals surface area (Å²) in [5.41, 5.74) is 12.9. The molecule has 26 nitrogen and oxygen atoms in total. The monoisotopic (exact) mass is 1190 g/mol. The molecule has 10 N–H and O–H groups in total. The van der Waals surface area contributed by atoms with Crippen LogP contribution >= 0.6 is 23.1 Å². The highest BCUT2D eigenvalue weighted by Crippen LogP contribution is 2.37. The van der Waals surface area contributed by atoms with E-state index < -0.39 is 0 Å². The number of aromatic amines is 3. The number of nitrogens with one attached hydrogen (secondary N) is 10. The molecule has 0 spiro atoms. The van der Waals surface area contributed by atoms with Gasteiger partial charge in [0.15, 0.2) is 5.16 Å². The van der Waals surface area contributed by atoms with E-state index in [-0.39, 0.29) is 23.7 Å². The number of imidazole rings is 4. The van der Waals surface area contributed by atoms with Gasteiger partial charge in [-0.05, 0) is 99.2 Å². The van der Waals surface area contributed by atoms with Crippen molar-refractivity contribution in [3.63, 3.8) is 0 Å². The second-order valence-corrected chi connectivity index (χ2v) is 20.8. The Morgan fingerprint density at radius 1 is 0.640 bits per heavy atom. The summed E-state index contributed by atoms with van der Waals surface area (Å²) in [6.45, 7) is 9.00. The minimum Gasteiger partial charge on any atom is -0.356 e. The fourth-order valence-electron chi connectivity index (χ4n) is 9.45. The van der Waals surface area contributed by atoms with Crippen molar-refractivity contribution in [3.05, 3.63) is 138 Å². The number of thiazole rings is 1. The van der Waals surface area contributed by atoms with Crippen molar-refractivity contribution in [1.29, 1.82) is 0 Å². The van der Waals surface area contributed by atoms with Crippen LogP contribution in [0.5, 0.6) is 0 Å². The summed E-state index contributed by atoms with van der Waals surface area (Å²) in [7, 11) is 1.69. The second-order valence-electron chi connectivity index (χ2n) is 19.2. The molecule has 10 heterocycles. The molecular weight excluding hydrogens is 1130 g/mol. The molecule has 436 valence electrons. The van der Waals surface area contributed by atoms with Gasteiger partial charge in [0.05, 0.1) is 33.6 Å². The zero-order valence-corrected chi connectivity index (χ0v) is 48.8. The lowest BCUT2D eigenvalue weighted by molar-refractivity contribution is 0.251. The Balaban J connectivity index is 0.000000134. The molecular formula is C58H58N22O4S2. The molecule has 12 aromatic rings. The molecule has 0 saturated heterocycles. The molecule has 86 heavy (non-hydrogen) atoms. The standard InChI is InChI=1S/C21H22N8O.C19H20N8O2S.C18H16N6OS/c1-2-23-21(30)28-19-25-16-10-14(13-5-3-6-22-11-13)9-15(18(16)27-19)17-12-29-8-4-7-24-20(29)26-17;1-4-20-18(29)25-17-22-13-8-11(12-10-15(28)26(2)19(23-12)30-3)9-14(16(13)24-17)27-7-5-6-21-27;1-2-20-18(25)24-17-22-14-9-12(11-4-3-5-19-10-11)8-13(15(14)23-17)16-21-6-7-26-16/h3,5-6,9-12H,2,4,7-8H2,1H3,(H,24,26)(H3,23,25,27,28,30);5-10H,4H2,1-3H3,(H3,20,22,24,25,29);3-10H,2H2,1H3,(H3,20,22,23,24,25). The van der Waals surface area contributed by atoms with E-state index in [1.807, 2.05) is 93.3 Å². The van der Waals surface area contributed by atoms with Crippen molar-refractivity contribution in [2.75, 3.05) is 53.7 Å². The Bertz CT molecular complexity index is 4400. The highest BCUT2D eigenvalue weighted by Gasteiger charge is 2.21. The van der Waals surface area contributed by atoms with E-state index in [1.165, 1.54) is 22.4 Å². The van der Waals surface area contributed by atoms with Gasteiger partial charge in [-0.3, -0.25) is 35.3 Å². The maximum absolute atomic E-state index is 12.4. The van der Waals surface area contributed by atoms with Gasteiger partial charge in [0.1, 0.15) is 21.6 Å². The van der Waals surface area contributed by atoms with Crippen LogP contribution < -0.4 is 42.8 Å². The van der Waals surface area contributed by atoms with E-state index >= 15 is 0 Å². The third-order valence-corrected chi connectivity index (χ3v) is 14.9. The molecule has 3 aromatic carbocycles. The number of hydrogen-bond donors (Lipinski definition) is 10. The summed E-state index contributed by atoms with van der Waals surface area (Å²) < 4.78 is 5.31. The quantitative estimate of drug-likeness (QED) is 0.0379. The number of hydrogen-bond acceptors (Lipinski definition) is 16. The van der Waals surface area contributed by atoms with Crippen molar-refractivity contribution in [2.45, 2.75) is 38.9 Å². The fourth-order valence-corrected chi connectivity index (χ4v) is 10.7. The summed E-state index contributed by atoms with van der Waals surface area (Å²) in [5.74, 6) is 1.96. The predicted octanol–water partition coefficient (Wildman–Crippen LogP) is 9.71. The number of rotatable bonds is 13. The first-order chi connectivity index (χ1) is 41.9. The van der Waals surface area contributed by atoms with Gasteiger partial charge in [0, 0.05) is 129 Å². The largest absolute Gasteiger partial charge is 0.356 e. The number of aromatic nitrogens is 15. The third-order valence-electron chi connectivity index (χ3n) is 13.3. The Morgan fingerprint density at radius 2 is 1.22 bits per heavy atom. The summed E-state index contributed by atoms with van der Waals surface area (Å²) in [6.07, 6.45) is 17.4.